The van der Waals surface area contributed by atoms with Gasteiger partial charge in [-0.3, -0.25) is 10.5 Å². The molecule has 0 radical (unpaired) electrons. The van der Waals surface area contributed by atoms with E-state index in [1.807, 2.05) is 0 Å². The molecule has 1 aliphatic heterocycles. The Morgan fingerprint density at radius 3 is 2.56 bits per heavy atom. The summed E-state index contributed by atoms with van der Waals surface area (Å²) in [6.45, 7) is -0.250. The van der Waals surface area contributed by atoms with E-state index in [0.29, 0.717) is 0 Å². The maximum absolute atomic E-state index is 8.36. The van der Waals surface area contributed by atoms with Crippen molar-refractivity contribution in [3.05, 3.63) is 12.5 Å². The molecule has 1 aliphatic rings. The van der Waals surface area contributed by atoms with Crippen molar-refractivity contribution in [3.63, 3.8) is 0 Å². The molecule has 1 unspecified atom stereocenters. The number of nitrogens with one attached hydrogen (secondary N) is 1. The molecule has 1 rings (SSSR count). The fraction of sp³-hybridized carbons (Fsp3) is 0.250. The van der Waals surface area contributed by atoms with Gasteiger partial charge in [-0.1, -0.05) is 0 Å². The lowest BCUT2D eigenvalue weighted by Gasteiger charge is -1.99. The maximum Gasteiger partial charge on any atom is 0.290 e. The van der Waals surface area contributed by atoms with Crippen LogP contribution < -0.4 is 11.1 Å². The first-order chi connectivity index (χ1) is 4.31. The second-order valence-corrected chi connectivity index (χ2v) is 1.13. The highest BCUT2D eigenvalue weighted by molar-refractivity contribution is 5.32. The molecule has 0 aromatic heterocycles. The lowest BCUT2D eigenvalue weighted by molar-refractivity contribution is -0.122. The van der Waals surface area contributed by atoms with Gasteiger partial charge in [0.15, 0.2) is 0 Å². The Labute approximate surface area is 52.1 Å². The van der Waals surface area contributed by atoms with E-state index in [1.54, 1.807) is 6.20 Å². The monoisotopic (exact) mass is 132 g/mol. The molecule has 0 aliphatic carbocycles. The number of carboxylic acid groups (broad SMARTS) is 1. The van der Waals surface area contributed by atoms with Gasteiger partial charge in [-0.15, -0.1) is 0 Å². The molecular weight excluding hydrogens is 124 g/mol. The number of hydrogen-bond donors (Lipinski definition) is 3. The van der Waals surface area contributed by atoms with Crippen LogP contribution in [0.3, 0.4) is 0 Å². The summed E-state index contributed by atoms with van der Waals surface area (Å²) in [6.07, 6.45) is 2.86. The molecule has 0 amide bonds. The van der Waals surface area contributed by atoms with Crippen LogP contribution in [0.4, 0.5) is 0 Å². The predicted octanol–water partition coefficient (Wildman–Crippen LogP) is -0.979. The molecule has 4 N–H and O–H groups in total. The Morgan fingerprint density at radius 2 is 2.44 bits per heavy atom. The highest BCUT2D eigenvalue weighted by Crippen LogP contribution is 1.85. The zero-order chi connectivity index (χ0) is 7.11. The topological polar surface area (TPSA) is 84.6 Å². The summed E-state index contributed by atoms with van der Waals surface area (Å²) in [7, 11) is 0. The largest absolute Gasteiger partial charge is 0.483 e. The second kappa shape index (κ2) is 4.92. The molecule has 1 atom stereocenters. The van der Waals surface area contributed by atoms with Gasteiger partial charge in [0.25, 0.3) is 6.47 Å². The molecule has 0 spiro atoms. The third-order valence-electron chi connectivity index (χ3n) is 0.554. The highest BCUT2D eigenvalue weighted by atomic mass is 16.5. The Balaban J connectivity index is 0.000000187. The van der Waals surface area contributed by atoms with Crippen LogP contribution in [-0.2, 0) is 9.53 Å². The number of hydrogen-bond acceptors (Lipinski definition) is 4. The highest BCUT2D eigenvalue weighted by Gasteiger charge is 1.97. The summed E-state index contributed by atoms with van der Waals surface area (Å²) in [5, 5.41) is 9.58. The zero-order valence-electron chi connectivity index (χ0n) is 4.65. The molecule has 0 aromatic rings. The van der Waals surface area contributed by atoms with Crippen molar-refractivity contribution in [2.75, 3.05) is 0 Å². The standard InChI is InChI=1S/C3H6N2O.CH2O2/c4-3-5-1-2-6-3;2-1-3/h1-3,5H,4H2;1H,(H,2,3). The lowest BCUT2D eigenvalue weighted by atomic mass is 10.9. The summed E-state index contributed by atoms with van der Waals surface area (Å²) in [6, 6.07) is 0. The summed E-state index contributed by atoms with van der Waals surface area (Å²) in [4.78, 5) is 8.36. The Morgan fingerprint density at radius 1 is 1.89 bits per heavy atom. The summed E-state index contributed by atoms with van der Waals surface area (Å²) < 4.78 is 4.64. The molecule has 0 fully saturated rings. The minimum absolute atomic E-state index is 0.250. The third-order valence-corrected chi connectivity index (χ3v) is 0.554. The van der Waals surface area contributed by atoms with Gasteiger partial charge >= 0.3 is 0 Å². The van der Waals surface area contributed by atoms with Crippen LogP contribution in [0.15, 0.2) is 12.5 Å². The predicted molar refractivity (Wildman–Crippen MR) is 30.0 cm³/mol. The molecule has 5 nitrogen and oxygen atoms in total. The van der Waals surface area contributed by atoms with Gasteiger partial charge in [-0.25, -0.2) is 0 Å². The quantitative estimate of drug-likeness (QED) is 0.369. The molecule has 0 aromatic carbocycles. The minimum atomic E-state index is -0.315. The summed E-state index contributed by atoms with van der Waals surface area (Å²) in [5.74, 6) is 0. The van der Waals surface area contributed by atoms with Crippen molar-refractivity contribution in [1.82, 2.24) is 5.32 Å². The van der Waals surface area contributed by atoms with E-state index in [2.05, 4.69) is 10.1 Å². The van der Waals surface area contributed by atoms with E-state index >= 15 is 0 Å². The van der Waals surface area contributed by atoms with Crippen LogP contribution in [0, 0.1) is 0 Å². The molecule has 0 bridgehead atoms. The number of rotatable bonds is 0. The minimum Gasteiger partial charge on any atom is -0.483 e. The Bertz CT molecular complexity index is 96.0. The molecule has 0 saturated heterocycles. The van der Waals surface area contributed by atoms with Gasteiger partial charge in [0.2, 0.25) is 6.35 Å². The van der Waals surface area contributed by atoms with Crippen molar-refractivity contribution in [2.24, 2.45) is 5.73 Å². The second-order valence-electron chi connectivity index (χ2n) is 1.13. The van der Waals surface area contributed by atoms with Crippen molar-refractivity contribution in [3.8, 4) is 0 Å². The first-order valence-electron chi connectivity index (χ1n) is 2.21. The van der Waals surface area contributed by atoms with Gasteiger partial charge in [0.1, 0.15) is 6.26 Å². The van der Waals surface area contributed by atoms with Crippen LogP contribution in [0.2, 0.25) is 0 Å². The molecular formula is C4H8N2O3. The lowest BCUT2D eigenvalue weighted by Crippen LogP contribution is -2.30. The van der Waals surface area contributed by atoms with Crippen LogP contribution >= 0.6 is 0 Å². The van der Waals surface area contributed by atoms with Gasteiger partial charge < -0.3 is 15.2 Å². The van der Waals surface area contributed by atoms with Crippen molar-refractivity contribution in [1.29, 1.82) is 0 Å². The average molecular weight is 132 g/mol. The van der Waals surface area contributed by atoms with E-state index in [1.165, 1.54) is 6.26 Å². The average Bonchev–Trinajstić information content (AvgIpc) is 2.20. The zero-order valence-corrected chi connectivity index (χ0v) is 4.65. The van der Waals surface area contributed by atoms with Gasteiger partial charge in [0.05, 0.1) is 0 Å². The number of ether oxygens (including phenoxy) is 1. The first kappa shape index (κ1) is 7.77. The van der Waals surface area contributed by atoms with E-state index in [0.717, 1.165) is 0 Å². The van der Waals surface area contributed by atoms with Gasteiger partial charge in [-0.2, -0.15) is 0 Å². The molecule has 1 heterocycles. The van der Waals surface area contributed by atoms with E-state index < -0.39 is 0 Å². The normalized spacial score (nSPS) is 20.8. The van der Waals surface area contributed by atoms with Crippen molar-refractivity contribution >= 4 is 6.47 Å². The Hall–Kier alpha value is -1.23. The van der Waals surface area contributed by atoms with Gasteiger partial charge in [0, 0.05) is 6.20 Å². The SMILES string of the molecule is NC1NC=CO1.O=CO. The molecule has 5 heteroatoms. The smallest absolute Gasteiger partial charge is 0.290 e. The first-order valence-corrected chi connectivity index (χ1v) is 2.21. The van der Waals surface area contributed by atoms with Crippen molar-refractivity contribution in [2.45, 2.75) is 6.35 Å². The molecule has 52 valence electrons. The van der Waals surface area contributed by atoms with Gasteiger partial charge in [-0.05, 0) is 0 Å². The third kappa shape index (κ3) is 4.63. The van der Waals surface area contributed by atoms with Crippen LogP contribution in [-0.4, -0.2) is 17.9 Å². The van der Waals surface area contributed by atoms with E-state index in [9.17, 15) is 0 Å². The van der Waals surface area contributed by atoms with Crippen LogP contribution in [0.25, 0.3) is 0 Å². The molecule has 0 saturated carbocycles. The van der Waals surface area contributed by atoms with E-state index in [-0.39, 0.29) is 12.8 Å². The Kier molecular flexibility index (Phi) is 4.25. The maximum atomic E-state index is 8.36. The fourth-order valence-corrected chi connectivity index (χ4v) is 0.297. The van der Waals surface area contributed by atoms with E-state index in [4.69, 9.17) is 15.6 Å². The number of nitrogens with two attached hydrogens (primary N) is 1. The number of carbonyl (C=O) groups is 1. The summed E-state index contributed by atoms with van der Waals surface area (Å²) >= 11 is 0. The fourth-order valence-electron chi connectivity index (χ4n) is 0.297. The summed E-state index contributed by atoms with van der Waals surface area (Å²) in [5.41, 5.74) is 5.14. The van der Waals surface area contributed by atoms with Crippen LogP contribution in [0.5, 0.6) is 0 Å². The molecule has 9 heavy (non-hydrogen) atoms. The van der Waals surface area contributed by atoms with Crippen LogP contribution in [0.1, 0.15) is 0 Å². The van der Waals surface area contributed by atoms with Crippen molar-refractivity contribution < 1.29 is 14.6 Å².